The van der Waals surface area contributed by atoms with Gasteiger partial charge in [-0.15, -0.1) is 0 Å². The lowest BCUT2D eigenvalue weighted by Gasteiger charge is -2.44. The molecule has 0 spiro atoms. The van der Waals surface area contributed by atoms with Gasteiger partial charge in [0.25, 0.3) is 5.19 Å². The number of ketones is 1. The van der Waals surface area contributed by atoms with Crippen LogP contribution in [0.2, 0.25) is 5.02 Å². The summed E-state index contributed by atoms with van der Waals surface area (Å²) in [5.74, 6) is 1.88. The minimum Gasteiger partial charge on any atom is -0.511 e. The zero-order valence-electron chi connectivity index (χ0n) is 17.8. The molecular weight excluding hydrogens is 442 g/mol. The summed E-state index contributed by atoms with van der Waals surface area (Å²) in [4.78, 5) is 18.1. The summed E-state index contributed by atoms with van der Waals surface area (Å²) >= 11 is 7.53. The van der Waals surface area contributed by atoms with Crippen LogP contribution in [0.5, 0.6) is 10.9 Å². The first-order chi connectivity index (χ1) is 15.5. The van der Waals surface area contributed by atoms with Gasteiger partial charge in [-0.25, -0.2) is 4.98 Å². The first-order valence-corrected chi connectivity index (χ1v) is 12.6. The maximum atomic E-state index is 13.5. The highest BCUT2D eigenvalue weighted by Crippen LogP contribution is 2.57. The lowest BCUT2D eigenvalue weighted by Crippen LogP contribution is -2.41. The maximum Gasteiger partial charge on any atom is 0.279 e. The average molecular weight is 466 g/mol. The van der Waals surface area contributed by atoms with Crippen molar-refractivity contribution >= 4 is 44.5 Å². The second-order valence-corrected chi connectivity index (χ2v) is 10.6. The van der Waals surface area contributed by atoms with Gasteiger partial charge in [0.1, 0.15) is 11.5 Å². The normalized spacial score (nSPS) is 26.8. The molecular formula is C26H24ClNO3S. The van der Waals surface area contributed by atoms with Crippen LogP contribution in [-0.4, -0.2) is 15.9 Å². The molecule has 1 heterocycles. The molecule has 0 radical (unpaired) electrons. The van der Waals surface area contributed by atoms with Gasteiger partial charge >= 0.3 is 0 Å². The molecule has 32 heavy (non-hydrogen) atoms. The fraction of sp³-hybridized carbons (Fsp3) is 0.385. The van der Waals surface area contributed by atoms with Gasteiger partial charge in [0.2, 0.25) is 0 Å². The van der Waals surface area contributed by atoms with E-state index >= 15 is 0 Å². The van der Waals surface area contributed by atoms with Crippen LogP contribution in [0.25, 0.3) is 15.8 Å². The number of thiazole rings is 1. The van der Waals surface area contributed by atoms with Gasteiger partial charge in [-0.05, 0) is 85.4 Å². The Kier molecular flexibility index (Phi) is 4.81. The molecule has 1 unspecified atom stereocenters. The number of aromatic nitrogens is 1. The number of benzene rings is 2. The number of aryl methyl sites for hydroxylation is 1. The van der Waals surface area contributed by atoms with E-state index in [-0.39, 0.29) is 17.6 Å². The van der Waals surface area contributed by atoms with E-state index in [2.05, 4.69) is 11.9 Å². The highest BCUT2D eigenvalue weighted by Gasteiger charge is 2.54. The van der Waals surface area contributed by atoms with E-state index in [0.29, 0.717) is 39.1 Å². The Hall–Kier alpha value is -2.37. The lowest BCUT2D eigenvalue weighted by atomic mass is 9.59. The molecule has 2 aromatic carbocycles. The first-order valence-electron chi connectivity index (χ1n) is 11.4. The van der Waals surface area contributed by atoms with E-state index in [9.17, 15) is 9.90 Å². The Morgan fingerprint density at radius 2 is 1.84 bits per heavy atom. The number of carbonyl (C=O) groups is 1. The Labute approximate surface area is 195 Å². The fourth-order valence-corrected chi connectivity index (χ4v) is 7.24. The molecule has 6 heteroatoms. The largest absolute Gasteiger partial charge is 0.511 e. The third kappa shape index (κ3) is 3.09. The minimum absolute atomic E-state index is 0.00768. The fourth-order valence-electron chi connectivity index (χ4n) is 6.13. The molecule has 0 saturated heterocycles. The standard InChI is InChI=1S/C26H24ClNO3S/c1-2-13-7-9-17(31-26-28-19-10-8-16(27)11-20(19)32-26)12-18(13)23-24(29)21-14-3-4-15(6-5-14)22(21)25(23)30/h7-12,14-15,21-22,29H,2-6H2,1H3/t14-,15+,21?,22-/m0/s1. The van der Waals surface area contributed by atoms with Crippen molar-refractivity contribution in [1.82, 2.24) is 4.98 Å². The van der Waals surface area contributed by atoms with Crippen molar-refractivity contribution in [3.8, 4) is 10.9 Å². The van der Waals surface area contributed by atoms with Gasteiger partial charge < -0.3 is 9.84 Å². The molecule has 3 fully saturated rings. The van der Waals surface area contributed by atoms with Crippen LogP contribution < -0.4 is 4.74 Å². The number of hydrogen-bond acceptors (Lipinski definition) is 5. The Bertz CT molecular complexity index is 1270. The molecule has 4 nitrogen and oxygen atoms in total. The van der Waals surface area contributed by atoms with Crippen LogP contribution in [0, 0.1) is 23.7 Å². The van der Waals surface area contributed by atoms with Crippen molar-refractivity contribution in [2.75, 3.05) is 0 Å². The number of carbonyl (C=O) groups excluding carboxylic acids is 1. The van der Waals surface area contributed by atoms with Crippen LogP contribution in [0.3, 0.4) is 0 Å². The zero-order chi connectivity index (χ0) is 22.0. The van der Waals surface area contributed by atoms with E-state index in [4.69, 9.17) is 16.3 Å². The number of aliphatic hydroxyl groups excluding tert-OH is 1. The van der Waals surface area contributed by atoms with Crippen molar-refractivity contribution in [2.45, 2.75) is 39.0 Å². The number of ether oxygens (including phenoxy) is 1. The van der Waals surface area contributed by atoms with Crippen LogP contribution in [-0.2, 0) is 11.2 Å². The minimum atomic E-state index is -0.0409. The average Bonchev–Trinajstić information content (AvgIpc) is 3.32. The van der Waals surface area contributed by atoms with Gasteiger partial charge in [-0.2, -0.15) is 0 Å². The van der Waals surface area contributed by atoms with Crippen LogP contribution in [0.1, 0.15) is 43.7 Å². The second-order valence-electron chi connectivity index (χ2n) is 9.22. The number of fused-ring (bicyclic) bond motifs is 3. The topological polar surface area (TPSA) is 59.4 Å². The smallest absolute Gasteiger partial charge is 0.279 e. The molecule has 164 valence electrons. The molecule has 2 atom stereocenters. The molecule has 3 saturated carbocycles. The van der Waals surface area contributed by atoms with E-state index in [0.717, 1.165) is 53.4 Å². The van der Waals surface area contributed by atoms with Crippen molar-refractivity contribution < 1.29 is 14.6 Å². The summed E-state index contributed by atoms with van der Waals surface area (Å²) < 4.78 is 7.06. The van der Waals surface area contributed by atoms with Crippen LogP contribution in [0.15, 0.2) is 42.2 Å². The number of nitrogens with zero attached hydrogens (tertiary/aromatic N) is 1. The van der Waals surface area contributed by atoms with E-state index < -0.39 is 0 Å². The third-order valence-corrected chi connectivity index (χ3v) is 8.74. The monoisotopic (exact) mass is 465 g/mol. The van der Waals surface area contributed by atoms with E-state index in [1.54, 1.807) is 0 Å². The molecule has 1 aromatic heterocycles. The number of allylic oxidation sites excluding steroid dienone is 2. The Morgan fingerprint density at radius 3 is 2.56 bits per heavy atom. The summed E-state index contributed by atoms with van der Waals surface area (Å²) in [7, 11) is 0. The molecule has 2 bridgehead atoms. The third-order valence-electron chi connectivity index (χ3n) is 7.61. The van der Waals surface area contributed by atoms with Crippen molar-refractivity contribution in [1.29, 1.82) is 0 Å². The zero-order valence-corrected chi connectivity index (χ0v) is 19.4. The molecule has 7 rings (SSSR count). The van der Waals surface area contributed by atoms with Crippen LogP contribution >= 0.6 is 22.9 Å². The summed E-state index contributed by atoms with van der Waals surface area (Å²) in [6, 6.07) is 11.4. The molecule has 4 aliphatic carbocycles. The van der Waals surface area contributed by atoms with Crippen molar-refractivity contribution in [2.24, 2.45) is 23.7 Å². The predicted molar refractivity (Wildman–Crippen MR) is 128 cm³/mol. The number of Topliss-reactive ketones (excluding diaryl/α,β-unsaturated/α-hetero) is 1. The molecule has 1 N–H and O–H groups in total. The van der Waals surface area contributed by atoms with E-state index in [1.807, 2.05) is 36.4 Å². The Morgan fingerprint density at radius 1 is 1.09 bits per heavy atom. The quantitative estimate of drug-likeness (QED) is 0.442. The molecule has 0 amide bonds. The van der Waals surface area contributed by atoms with Gasteiger partial charge in [0.15, 0.2) is 5.78 Å². The highest BCUT2D eigenvalue weighted by molar-refractivity contribution is 7.20. The number of hydrogen-bond donors (Lipinski definition) is 1. The predicted octanol–water partition coefficient (Wildman–Crippen LogP) is 7.21. The number of halogens is 1. The van der Waals surface area contributed by atoms with Gasteiger partial charge in [0.05, 0.1) is 15.8 Å². The summed E-state index contributed by atoms with van der Waals surface area (Å²) in [6.45, 7) is 2.07. The van der Waals surface area contributed by atoms with Gasteiger partial charge in [0, 0.05) is 16.9 Å². The maximum absolute atomic E-state index is 13.5. The number of rotatable bonds is 4. The van der Waals surface area contributed by atoms with Gasteiger partial charge in [-0.3, -0.25) is 4.79 Å². The Balaban J connectivity index is 1.38. The number of aliphatic hydroxyl groups is 1. The summed E-state index contributed by atoms with van der Waals surface area (Å²) in [5.41, 5.74) is 3.22. The highest BCUT2D eigenvalue weighted by atomic mass is 35.5. The lowest BCUT2D eigenvalue weighted by molar-refractivity contribution is -0.123. The second kappa shape index (κ2) is 7.60. The van der Waals surface area contributed by atoms with Crippen molar-refractivity contribution in [3.05, 3.63) is 58.3 Å². The summed E-state index contributed by atoms with van der Waals surface area (Å²) in [5, 5.41) is 12.4. The SMILES string of the molecule is CCc1ccc(Oc2nc3ccc(Cl)cc3s2)cc1C1=C(O)C2[C@H]3CC[C@H](CC3)[C@@H]2C1=O. The molecule has 0 aliphatic heterocycles. The van der Waals surface area contributed by atoms with E-state index in [1.165, 1.54) is 11.3 Å². The molecule has 4 aliphatic rings. The summed E-state index contributed by atoms with van der Waals surface area (Å²) in [6.07, 6.45) is 5.26. The van der Waals surface area contributed by atoms with Crippen molar-refractivity contribution in [3.63, 3.8) is 0 Å². The van der Waals surface area contributed by atoms with Crippen LogP contribution in [0.4, 0.5) is 0 Å². The first kappa shape index (κ1) is 20.3. The van der Waals surface area contributed by atoms with Gasteiger partial charge in [-0.1, -0.05) is 35.9 Å². The molecule has 3 aromatic rings.